The van der Waals surface area contributed by atoms with Gasteiger partial charge >= 0.3 is 5.97 Å². The third-order valence-corrected chi connectivity index (χ3v) is 6.00. The van der Waals surface area contributed by atoms with Crippen molar-refractivity contribution in [3.8, 4) is 22.6 Å². The number of anilines is 1. The molecule has 8 nitrogen and oxygen atoms in total. The summed E-state index contributed by atoms with van der Waals surface area (Å²) in [6.45, 7) is 1.98. The fourth-order valence-electron chi connectivity index (χ4n) is 2.86. The number of aromatic nitrogens is 3. The number of ether oxygens (including phenoxy) is 1. The maximum atomic E-state index is 12.6. The van der Waals surface area contributed by atoms with Gasteiger partial charge in [0.1, 0.15) is 10.6 Å². The topological polar surface area (TPSA) is 107 Å². The van der Waals surface area contributed by atoms with E-state index in [-0.39, 0.29) is 18.3 Å². The van der Waals surface area contributed by atoms with Crippen LogP contribution in [-0.2, 0) is 9.53 Å². The molecule has 0 fully saturated rings. The van der Waals surface area contributed by atoms with E-state index >= 15 is 0 Å². The summed E-state index contributed by atoms with van der Waals surface area (Å²) in [4.78, 5) is 33.4. The molecular formula is C22H18N4O4S2. The van der Waals surface area contributed by atoms with Crippen molar-refractivity contribution in [2.45, 2.75) is 12.1 Å². The molecule has 0 aliphatic rings. The fraction of sp³-hybridized carbons (Fsp3) is 0.136. The van der Waals surface area contributed by atoms with Crippen molar-refractivity contribution < 1.29 is 18.8 Å². The summed E-state index contributed by atoms with van der Waals surface area (Å²) >= 11 is 2.41. The fourth-order valence-corrected chi connectivity index (χ4v) is 4.40. The van der Waals surface area contributed by atoms with E-state index in [1.165, 1.54) is 11.3 Å². The van der Waals surface area contributed by atoms with Crippen LogP contribution in [-0.4, -0.2) is 39.4 Å². The van der Waals surface area contributed by atoms with Crippen molar-refractivity contribution in [3.63, 3.8) is 0 Å². The van der Waals surface area contributed by atoms with E-state index < -0.39 is 5.97 Å². The van der Waals surface area contributed by atoms with Crippen LogP contribution in [0.25, 0.3) is 22.6 Å². The molecule has 4 rings (SSSR count). The molecule has 1 N–H and O–H groups in total. The molecule has 0 spiro atoms. The first-order valence-electron chi connectivity index (χ1n) is 9.66. The highest BCUT2D eigenvalue weighted by atomic mass is 32.2. The molecule has 10 heteroatoms. The van der Waals surface area contributed by atoms with Crippen molar-refractivity contribution in [2.24, 2.45) is 0 Å². The van der Waals surface area contributed by atoms with Gasteiger partial charge in [-0.3, -0.25) is 9.78 Å². The van der Waals surface area contributed by atoms with Crippen LogP contribution in [0.2, 0.25) is 0 Å². The molecule has 0 unspecified atom stereocenters. The van der Waals surface area contributed by atoms with Gasteiger partial charge in [-0.2, -0.15) is 4.98 Å². The van der Waals surface area contributed by atoms with E-state index in [4.69, 9.17) is 9.26 Å². The number of esters is 1. The molecule has 0 radical (unpaired) electrons. The van der Waals surface area contributed by atoms with Gasteiger partial charge in [0.2, 0.25) is 11.1 Å². The first-order valence-corrected chi connectivity index (χ1v) is 11.5. The lowest BCUT2D eigenvalue weighted by molar-refractivity contribution is -0.113. The smallest absolute Gasteiger partial charge is 0.341 e. The molecule has 32 heavy (non-hydrogen) atoms. The minimum absolute atomic E-state index is 0.0517. The molecule has 4 aromatic rings. The van der Waals surface area contributed by atoms with Crippen molar-refractivity contribution in [2.75, 3.05) is 17.7 Å². The second-order valence-corrected chi connectivity index (χ2v) is 8.22. The number of carbonyl (C=O) groups is 2. The Kier molecular flexibility index (Phi) is 6.93. The molecule has 0 bridgehead atoms. The van der Waals surface area contributed by atoms with Crippen LogP contribution >= 0.6 is 23.1 Å². The molecule has 1 aromatic carbocycles. The third kappa shape index (κ3) is 5.04. The van der Waals surface area contributed by atoms with Crippen LogP contribution in [0.4, 0.5) is 5.00 Å². The largest absolute Gasteiger partial charge is 0.462 e. The molecule has 0 atom stereocenters. The number of carbonyl (C=O) groups excluding carboxylic acids is 2. The number of rotatable bonds is 8. The molecule has 0 saturated carbocycles. The van der Waals surface area contributed by atoms with E-state index in [1.54, 1.807) is 31.5 Å². The number of pyridine rings is 1. The molecule has 0 aliphatic carbocycles. The minimum Gasteiger partial charge on any atom is -0.462 e. The number of thiophene rings is 1. The second-order valence-electron chi connectivity index (χ2n) is 6.39. The number of hydrogen-bond acceptors (Lipinski definition) is 9. The Labute approximate surface area is 192 Å². The van der Waals surface area contributed by atoms with Crippen molar-refractivity contribution in [1.29, 1.82) is 0 Å². The van der Waals surface area contributed by atoms with Gasteiger partial charge in [-0.15, -0.1) is 11.3 Å². The summed E-state index contributed by atoms with van der Waals surface area (Å²) in [7, 11) is 0. The maximum absolute atomic E-state index is 12.6. The van der Waals surface area contributed by atoms with Crippen LogP contribution in [0.1, 0.15) is 17.3 Å². The SMILES string of the molecule is CCOC(=O)c1c(-c2ccccc2)csc1NC(=O)CSc1noc(-c2ccncc2)n1. The number of hydrogen-bond donors (Lipinski definition) is 1. The Morgan fingerprint density at radius 3 is 2.66 bits per heavy atom. The molecule has 0 saturated heterocycles. The molecule has 3 heterocycles. The third-order valence-electron chi connectivity index (χ3n) is 4.28. The summed E-state index contributed by atoms with van der Waals surface area (Å²) in [6.07, 6.45) is 3.26. The van der Waals surface area contributed by atoms with Gasteiger partial charge in [-0.1, -0.05) is 42.1 Å². The summed E-state index contributed by atoms with van der Waals surface area (Å²) in [6, 6.07) is 13.0. The Bertz CT molecular complexity index is 1210. The zero-order valence-electron chi connectivity index (χ0n) is 17.0. The van der Waals surface area contributed by atoms with E-state index in [2.05, 4.69) is 20.4 Å². The Morgan fingerprint density at radius 1 is 1.12 bits per heavy atom. The van der Waals surface area contributed by atoms with Crippen LogP contribution in [0.15, 0.2) is 69.9 Å². The Balaban J connectivity index is 1.46. The van der Waals surface area contributed by atoms with Crippen LogP contribution < -0.4 is 5.32 Å². The van der Waals surface area contributed by atoms with Gasteiger partial charge in [-0.05, 0) is 29.8 Å². The lowest BCUT2D eigenvalue weighted by Gasteiger charge is -2.08. The molecule has 1 amide bonds. The van der Waals surface area contributed by atoms with E-state index in [1.807, 2.05) is 35.7 Å². The predicted molar refractivity (Wildman–Crippen MR) is 123 cm³/mol. The van der Waals surface area contributed by atoms with Crippen LogP contribution in [0.3, 0.4) is 0 Å². The Morgan fingerprint density at radius 2 is 1.91 bits per heavy atom. The average Bonchev–Trinajstić information content (AvgIpc) is 3.46. The summed E-state index contributed by atoms with van der Waals surface area (Å²) in [5.41, 5.74) is 2.69. The lowest BCUT2D eigenvalue weighted by Crippen LogP contribution is -2.16. The molecule has 162 valence electrons. The number of nitrogens with one attached hydrogen (secondary N) is 1. The van der Waals surface area contributed by atoms with Crippen molar-refractivity contribution in [3.05, 3.63) is 65.8 Å². The van der Waals surface area contributed by atoms with Gasteiger partial charge < -0.3 is 14.6 Å². The lowest BCUT2D eigenvalue weighted by atomic mass is 10.0. The van der Waals surface area contributed by atoms with Gasteiger partial charge in [0.05, 0.1) is 12.4 Å². The number of amides is 1. The summed E-state index contributed by atoms with van der Waals surface area (Å²) < 4.78 is 10.4. The number of nitrogens with zero attached hydrogens (tertiary/aromatic N) is 3. The first-order chi connectivity index (χ1) is 15.7. The summed E-state index contributed by atoms with van der Waals surface area (Å²) in [5, 5.41) is 9.32. The first kappa shape index (κ1) is 21.7. The molecule has 3 aromatic heterocycles. The van der Waals surface area contributed by atoms with E-state index in [0.29, 0.717) is 21.6 Å². The maximum Gasteiger partial charge on any atom is 0.341 e. The minimum atomic E-state index is -0.476. The number of benzene rings is 1. The van der Waals surface area contributed by atoms with Crippen molar-refractivity contribution >= 4 is 40.0 Å². The Hall–Kier alpha value is -3.50. The number of thioether (sulfide) groups is 1. The zero-order chi connectivity index (χ0) is 22.3. The highest BCUT2D eigenvalue weighted by Crippen LogP contribution is 2.36. The molecular weight excluding hydrogens is 448 g/mol. The van der Waals surface area contributed by atoms with Gasteiger partial charge in [0.15, 0.2) is 0 Å². The van der Waals surface area contributed by atoms with Crippen LogP contribution in [0.5, 0.6) is 0 Å². The van der Waals surface area contributed by atoms with Gasteiger partial charge in [0.25, 0.3) is 5.89 Å². The van der Waals surface area contributed by atoms with E-state index in [9.17, 15) is 9.59 Å². The molecule has 0 aliphatic heterocycles. The highest BCUT2D eigenvalue weighted by molar-refractivity contribution is 7.99. The quantitative estimate of drug-likeness (QED) is 0.292. The normalized spacial score (nSPS) is 10.7. The van der Waals surface area contributed by atoms with E-state index in [0.717, 1.165) is 28.5 Å². The second kappa shape index (κ2) is 10.2. The van der Waals surface area contributed by atoms with Crippen molar-refractivity contribution in [1.82, 2.24) is 15.1 Å². The van der Waals surface area contributed by atoms with Gasteiger partial charge in [-0.25, -0.2) is 4.79 Å². The average molecular weight is 467 g/mol. The van der Waals surface area contributed by atoms with Gasteiger partial charge in [0, 0.05) is 28.9 Å². The van der Waals surface area contributed by atoms with Crippen LogP contribution in [0, 0.1) is 0 Å². The zero-order valence-corrected chi connectivity index (χ0v) is 18.6. The summed E-state index contributed by atoms with van der Waals surface area (Å²) in [5.74, 6) is -0.366. The predicted octanol–water partition coefficient (Wildman–Crippen LogP) is 4.77. The standard InChI is InChI=1S/C22H18N4O4S2/c1-2-29-21(28)18-16(14-6-4-3-5-7-14)12-31-20(18)24-17(27)13-32-22-25-19(30-26-22)15-8-10-23-11-9-15/h3-12H,2,13H2,1H3,(H,24,27). The monoisotopic (exact) mass is 466 g/mol. The highest BCUT2D eigenvalue weighted by Gasteiger charge is 2.23.